The van der Waals surface area contributed by atoms with Gasteiger partial charge < -0.3 is 16.0 Å². The molecule has 1 atom stereocenters. The summed E-state index contributed by atoms with van der Waals surface area (Å²) in [7, 11) is 0. The summed E-state index contributed by atoms with van der Waals surface area (Å²) in [4.78, 5) is 15.1. The SMILES string of the molecule is Nc1ccc2c(c1)c(C(=O)N[C@@H]1CN3CCC1CC3)nn2CC(F)(F)F. The number of nitrogens with two attached hydrogens (primary N) is 1. The lowest BCUT2D eigenvalue weighted by molar-refractivity contribution is -0.141. The molecule has 9 heteroatoms. The maximum atomic E-state index is 12.8. The van der Waals surface area contributed by atoms with E-state index in [1.54, 1.807) is 0 Å². The standard InChI is InChI=1S/C17H20F3N5O/c18-17(19,20)9-25-14-2-1-11(21)7-12(14)15(23-25)16(26)22-13-8-24-5-3-10(13)4-6-24/h1-2,7,10,13H,3-6,8-9,21H2,(H,22,26)/t13-/m1/s1. The monoisotopic (exact) mass is 367 g/mol. The summed E-state index contributed by atoms with van der Waals surface area (Å²) in [5, 5.41) is 7.28. The molecule has 26 heavy (non-hydrogen) atoms. The molecule has 1 aromatic carbocycles. The highest BCUT2D eigenvalue weighted by molar-refractivity contribution is 6.05. The molecule has 6 nitrogen and oxygen atoms in total. The molecule has 2 aromatic rings. The van der Waals surface area contributed by atoms with Crippen molar-refractivity contribution in [3.8, 4) is 0 Å². The lowest BCUT2D eigenvalue weighted by Crippen LogP contribution is -2.57. The Balaban J connectivity index is 1.64. The third-order valence-corrected chi connectivity index (χ3v) is 5.29. The molecule has 0 spiro atoms. The minimum atomic E-state index is -4.43. The van der Waals surface area contributed by atoms with Crippen LogP contribution in [0.2, 0.25) is 0 Å². The quantitative estimate of drug-likeness (QED) is 0.814. The molecule has 0 saturated carbocycles. The Morgan fingerprint density at radius 1 is 1.31 bits per heavy atom. The molecule has 1 amide bonds. The molecule has 0 unspecified atom stereocenters. The minimum Gasteiger partial charge on any atom is -0.399 e. The molecule has 0 aliphatic carbocycles. The molecule has 5 rings (SSSR count). The highest BCUT2D eigenvalue weighted by Crippen LogP contribution is 2.29. The number of alkyl halides is 3. The van der Waals surface area contributed by atoms with Gasteiger partial charge in [0, 0.05) is 23.7 Å². The number of hydrogen-bond acceptors (Lipinski definition) is 4. The maximum absolute atomic E-state index is 12.8. The zero-order valence-corrected chi connectivity index (χ0v) is 14.1. The van der Waals surface area contributed by atoms with Gasteiger partial charge in [0.1, 0.15) is 6.54 Å². The summed E-state index contributed by atoms with van der Waals surface area (Å²) in [6, 6.07) is 4.48. The van der Waals surface area contributed by atoms with Crippen molar-refractivity contribution in [1.29, 1.82) is 0 Å². The van der Waals surface area contributed by atoms with E-state index < -0.39 is 18.6 Å². The van der Waals surface area contributed by atoms with Gasteiger partial charge in [0.25, 0.3) is 5.91 Å². The number of nitrogens with zero attached hydrogens (tertiary/aromatic N) is 3. The van der Waals surface area contributed by atoms with Crippen molar-refractivity contribution in [1.82, 2.24) is 20.0 Å². The van der Waals surface area contributed by atoms with Gasteiger partial charge in [-0.05, 0) is 50.0 Å². The number of piperidine rings is 3. The summed E-state index contributed by atoms with van der Waals surface area (Å²) in [6.07, 6.45) is -2.37. The Morgan fingerprint density at radius 2 is 2.04 bits per heavy atom. The van der Waals surface area contributed by atoms with Gasteiger partial charge in [-0.1, -0.05) is 0 Å². The Morgan fingerprint density at radius 3 is 2.65 bits per heavy atom. The van der Waals surface area contributed by atoms with Crippen molar-refractivity contribution >= 4 is 22.5 Å². The van der Waals surface area contributed by atoms with Gasteiger partial charge in [-0.15, -0.1) is 0 Å². The number of nitrogens with one attached hydrogen (secondary N) is 1. The molecule has 140 valence electrons. The van der Waals surface area contributed by atoms with Crippen molar-refractivity contribution in [3.63, 3.8) is 0 Å². The number of carbonyl (C=O) groups excluding carboxylic acids is 1. The second kappa shape index (κ2) is 6.15. The lowest BCUT2D eigenvalue weighted by Gasteiger charge is -2.44. The summed E-state index contributed by atoms with van der Waals surface area (Å²) in [5.74, 6) is -0.0298. The van der Waals surface area contributed by atoms with Crippen LogP contribution >= 0.6 is 0 Å². The van der Waals surface area contributed by atoms with Crippen molar-refractivity contribution in [2.45, 2.75) is 31.6 Å². The van der Waals surface area contributed by atoms with E-state index in [-0.39, 0.29) is 17.3 Å². The first-order valence-corrected chi connectivity index (χ1v) is 8.66. The number of hydrogen-bond donors (Lipinski definition) is 2. The van der Waals surface area contributed by atoms with Crippen LogP contribution in [0.15, 0.2) is 18.2 Å². The van der Waals surface area contributed by atoms with Gasteiger partial charge >= 0.3 is 6.18 Å². The Bertz CT molecular complexity index is 839. The molecule has 2 bridgehead atoms. The summed E-state index contributed by atoms with van der Waals surface area (Å²) >= 11 is 0. The zero-order chi connectivity index (χ0) is 18.5. The highest BCUT2D eigenvalue weighted by atomic mass is 19.4. The van der Waals surface area contributed by atoms with E-state index in [0.717, 1.165) is 37.2 Å². The van der Waals surface area contributed by atoms with Gasteiger partial charge in [0.15, 0.2) is 5.69 Å². The van der Waals surface area contributed by atoms with E-state index in [9.17, 15) is 18.0 Å². The third-order valence-electron chi connectivity index (χ3n) is 5.29. The number of benzene rings is 1. The van der Waals surface area contributed by atoms with E-state index in [1.807, 2.05) is 0 Å². The largest absolute Gasteiger partial charge is 0.408 e. The fourth-order valence-electron chi connectivity index (χ4n) is 4.02. The molecule has 3 aliphatic rings. The van der Waals surface area contributed by atoms with Crippen LogP contribution in [0.5, 0.6) is 0 Å². The Kier molecular flexibility index (Phi) is 4.06. The fraction of sp³-hybridized carbons (Fsp3) is 0.529. The first kappa shape index (κ1) is 17.1. The second-order valence-electron chi connectivity index (χ2n) is 7.12. The van der Waals surface area contributed by atoms with E-state index in [4.69, 9.17) is 5.73 Å². The predicted octanol–water partition coefficient (Wildman–Crippen LogP) is 2.00. The number of aromatic nitrogens is 2. The number of fused-ring (bicyclic) bond motifs is 4. The highest BCUT2D eigenvalue weighted by Gasteiger charge is 2.36. The number of amides is 1. The van der Waals surface area contributed by atoms with E-state index in [2.05, 4.69) is 15.3 Å². The Labute approximate surface area is 148 Å². The topological polar surface area (TPSA) is 76.2 Å². The third kappa shape index (κ3) is 3.23. The fourth-order valence-corrected chi connectivity index (χ4v) is 4.02. The smallest absolute Gasteiger partial charge is 0.399 e. The molecule has 3 fully saturated rings. The predicted molar refractivity (Wildman–Crippen MR) is 90.6 cm³/mol. The van der Waals surface area contributed by atoms with Crippen molar-refractivity contribution in [2.75, 3.05) is 25.4 Å². The first-order valence-electron chi connectivity index (χ1n) is 8.66. The van der Waals surface area contributed by atoms with Gasteiger partial charge in [0.05, 0.1) is 5.52 Å². The van der Waals surface area contributed by atoms with Gasteiger partial charge in [0.2, 0.25) is 0 Å². The summed E-state index contributed by atoms with van der Waals surface area (Å²) in [5.41, 5.74) is 6.38. The van der Waals surface area contributed by atoms with Crippen molar-refractivity contribution < 1.29 is 18.0 Å². The average molecular weight is 367 g/mol. The normalized spacial score (nSPS) is 25.6. The minimum absolute atomic E-state index is 0.00648. The van der Waals surface area contributed by atoms with Gasteiger partial charge in [-0.3, -0.25) is 9.48 Å². The molecule has 4 heterocycles. The number of anilines is 1. The van der Waals surface area contributed by atoms with E-state index in [1.165, 1.54) is 18.2 Å². The van der Waals surface area contributed by atoms with Crippen LogP contribution in [0.25, 0.3) is 10.9 Å². The zero-order valence-electron chi connectivity index (χ0n) is 14.1. The van der Waals surface area contributed by atoms with Crippen LogP contribution in [0.1, 0.15) is 23.3 Å². The molecule has 3 N–H and O–H groups in total. The van der Waals surface area contributed by atoms with Crippen LogP contribution in [0.4, 0.5) is 18.9 Å². The van der Waals surface area contributed by atoms with Crippen LogP contribution < -0.4 is 11.1 Å². The number of carbonyl (C=O) groups is 1. The van der Waals surface area contributed by atoms with Crippen LogP contribution in [-0.2, 0) is 6.54 Å². The van der Waals surface area contributed by atoms with Crippen LogP contribution in [0.3, 0.4) is 0 Å². The number of rotatable bonds is 3. The summed E-state index contributed by atoms with van der Waals surface area (Å²) < 4.78 is 39.3. The van der Waals surface area contributed by atoms with Crippen LogP contribution in [-0.4, -0.2) is 52.4 Å². The molecule has 3 aliphatic heterocycles. The average Bonchev–Trinajstić information content (AvgIpc) is 2.92. The Hall–Kier alpha value is -2.29. The van der Waals surface area contributed by atoms with Crippen molar-refractivity contribution in [2.24, 2.45) is 5.92 Å². The first-order chi connectivity index (χ1) is 12.3. The second-order valence-corrected chi connectivity index (χ2v) is 7.12. The summed E-state index contributed by atoms with van der Waals surface area (Å²) in [6.45, 7) is 1.60. The van der Waals surface area contributed by atoms with E-state index in [0.29, 0.717) is 17.0 Å². The van der Waals surface area contributed by atoms with Gasteiger partial charge in [-0.25, -0.2) is 0 Å². The number of nitrogen functional groups attached to an aromatic ring is 1. The molecule has 3 saturated heterocycles. The lowest BCUT2D eigenvalue weighted by atomic mass is 9.84. The van der Waals surface area contributed by atoms with Crippen molar-refractivity contribution in [3.05, 3.63) is 23.9 Å². The molecule has 0 radical (unpaired) electrons. The molecular formula is C17H20F3N5O. The maximum Gasteiger partial charge on any atom is 0.408 e. The molecule has 1 aromatic heterocycles. The van der Waals surface area contributed by atoms with E-state index >= 15 is 0 Å². The van der Waals surface area contributed by atoms with Crippen LogP contribution in [0, 0.1) is 5.92 Å². The molecular weight excluding hydrogens is 347 g/mol. The number of halogens is 3. The van der Waals surface area contributed by atoms with Gasteiger partial charge in [-0.2, -0.15) is 18.3 Å².